The maximum absolute atomic E-state index is 6.13. The van der Waals surface area contributed by atoms with Crippen LogP contribution in [-0.4, -0.2) is 12.8 Å². The molecule has 0 saturated carbocycles. The van der Waals surface area contributed by atoms with E-state index in [1.54, 1.807) is 7.11 Å². The highest BCUT2D eigenvalue weighted by molar-refractivity contribution is 6.02. The van der Waals surface area contributed by atoms with E-state index in [9.17, 15) is 0 Å². The first kappa shape index (κ1) is 16.4. The van der Waals surface area contributed by atoms with Gasteiger partial charge in [0.25, 0.3) is 0 Å². The van der Waals surface area contributed by atoms with Gasteiger partial charge in [0.1, 0.15) is 5.75 Å². The van der Waals surface area contributed by atoms with Crippen LogP contribution >= 0.6 is 0 Å². The lowest BCUT2D eigenvalue weighted by atomic mass is 9.81. The second-order valence-corrected chi connectivity index (χ2v) is 6.59. The van der Waals surface area contributed by atoms with Gasteiger partial charge in [-0.2, -0.15) is 0 Å². The molecule has 1 aliphatic heterocycles. The van der Waals surface area contributed by atoms with E-state index in [0.29, 0.717) is 6.42 Å². The summed E-state index contributed by atoms with van der Waals surface area (Å²) in [5.41, 5.74) is 4.85. The highest BCUT2D eigenvalue weighted by Crippen LogP contribution is 2.42. The predicted molar refractivity (Wildman–Crippen MR) is 104 cm³/mol. The summed E-state index contributed by atoms with van der Waals surface area (Å²) in [6, 6.07) is 26.8. The second-order valence-electron chi connectivity index (χ2n) is 6.59. The fourth-order valence-corrected chi connectivity index (χ4v) is 3.38. The number of rotatable bonds is 4. The molecule has 3 aromatic rings. The van der Waals surface area contributed by atoms with Crippen LogP contribution < -0.4 is 4.74 Å². The first-order valence-corrected chi connectivity index (χ1v) is 8.73. The minimum Gasteiger partial charge on any atom is -0.497 e. The quantitative estimate of drug-likeness (QED) is 0.662. The lowest BCUT2D eigenvalue weighted by Gasteiger charge is -2.28. The first-order valence-electron chi connectivity index (χ1n) is 8.73. The van der Waals surface area contributed by atoms with Crippen molar-refractivity contribution in [3.8, 4) is 5.75 Å². The van der Waals surface area contributed by atoms with Gasteiger partial charge in [-0.3, -0.25) is 0 Å². The Kier molecular flexibility index (Phi) is 4.21. The summed E-state index contributed by atoms with van der Waals surface area (Å²) in [5, 5.41) is 4.47. The molecule has 1 atom stereocenters. The van der Waals surface area contributed by atoms with Crippen LogP contribution in [0.1, 0.15) is 28.7 Å². The fourth-order valence-electron chi connectivity index (χ4n) is 3.38. The molecule has 3 aromatic carbocycles. The summed E-state index contributed by atoms with van der Waals surface area (Å²) in [7, 11) is 1.67. The molecule has 0 amide bonds. The van der Waals surface area contributed by atoms with E-state index < -0.39 is 5.60 Å². The molecule has 3 heteroatoms. The smallest absolute Gasteiger partial charge is 0.193 e. The topological polar surface area (TPSA) is 30.8 Å². The number of hydrogen-bond acceptors (Lipinski definition) is 3. The van der Waals surface area contributed by atoms with Crippen molar-refractivity contribution in [3.63, 3.8) is 0 Å². The molecule has 1 heterocycles. The van der Waals surface area contributed by atoms with Crippen molar-refractivity contribution in [3.05, 3.63) is 101 Å². The van der Waals surface area contributed by atoms with Crippen molar-refractivity contribution in [1.29, 1.82) is 0 Å². The maximum atomic E-state index is 6.13. The highest BCUT2D eigenvalue weighted by atomic mass is 16.7. The van der Waals surface area contributed by atoms with Crippen molar-refractivity contribution in [2.45, 2.75) is 18.9 Å². The third-order valence-electron chi connectivity index (χ3n) is 4.91. The Morgan fingerprint density at radius 2 is 1.50 bits per heavy atom. The van der Waals surface area contributed by atoms with Gasteiger partial charge < -0.3 is 9.57 Å². The van der Waals surface area contributed by atoms with E-state index in [1.165, 1.54) is 5.56 Å². The Balaban J connectivity index is 1.73. The normalized spacial score (nSPS) is 18.9. The summed E-state index contributed by atoms with van der Waals surface area (Å²) >= 11 is 0. The SMILES string of the molecule is COc1ccc(C2=NOC(c3ccccc3)(c3ccc(C)cc3)C2)cc1. The standard InChI is InChI=1S/C23H21NO2/c1-17-8-12-20(13-9-17)23(19-6-4-3-5-7-19)16-22(24-26-23)18-10-14-21(25-2)15-11-18/h3-15H,16H2,1-2H3. The number of oxime groups is 1. The van der Waals surface area contributed by atoms with E-state index in [-0.39, 0.29) is 0 Å². The van der Waals surface area contributed by atoms with E-state index in [2.05, 4.69) is 48.5 Å². The van der Waals surface area contributed by atoms with Crippen LogP contribution in [0.2, 0.25) is 0 Å². The van der Waals surface area contributed by atoms with Crippen LogP contribution in [0.25, 0.3) is 0 Å². The molecular weight excluding hydrogens is 322 g/mol. The molecule has 0 saturated heterocycles. The Hall–Kier alpha value is -3.07. The molecule has 130 valence electrons. The van der Waals surface area contributed by atoms with Crippen molar-refractivity contribution < 1.29 is 9.57 Å². The van der Waals surface area contributed by atoms with Crippen molar-refractivity contribution in [2.24, 2.45) is 5.16 Å². The molecule has 0 N–H and O–H groups in total. The lowest BCUT2D eigenvalue weighted by Crippen LogP contribution is -2.28. The average Bonchev–Trinajstić information content (AvgIpc) is 3.16. The minimum absolute atomic E-state index is 0.593. The van der Waals surface area contributed by atoms with Gasteiger partial charge >= 0.3 is 0 Å². The highest BCUT2D eigenvalue weighted by Gasteiger charge is 2.43. The van der Waals surface area contributed by atoms with Gasteiger partial charge in [0.15, 0.2) is 5.60 Å². The molecule has 1 unspecified atom stereocenters. The van der Waals surface area contributed by atoms with Gasteiger partial charge in [0.05, 0.1) is 12.8 Å². The number of methoxy groups -OCH3 is 1. The Labute approximate surface area is 153 Å². The molecule has 26 heavy (non-hydrogen) atoms. The monoisotopic (exact) mass is 343 g/mol. The van der Waals surface area contributed by atoms with Crippen LogP contribution in [0, 0.1) is 6.92 Å². The number of nitrogens with zero attached hydrogens (tertiary/aromatic N) is 1. The number of ether oxygens (including phenoxy) is 1. The van der Waals surface area contributed by atoms with Gasteiger partial charge in [0, 0.05) is 17.5 Å². The zero-order valence-corrected chi connectivity index (χ0v) is 15.0. The zero-order chi connectivity index (χ0) is 18.0. The van der Waals surface area contributed by atoms with Crippen molar-refractivity contribution >= 4 is 5.71 Å². The van der Waals surface area contributed by atoms with Gasteiger partial charge in [0.2, 0.25) is 0 Å². The molecule has 4 rings (SSSR count). The van der Waals surface area contributed by atoms with Gasteiger partial charge in [-0.05, 0) is 36.8 Å². The average molecular weight is 343 g/mol. The third-order valence-corrected chi connectivity index (χ3v) is 4.91. The van der Waals surface area contributed by atoms with Gasteiger partial charge in [-0.1, -0.05) is 65.3 Å². The summed E-state index contributed by atoms with van der Waals surface area (Å²) in [6.45, 7) is 2.09. The van der Waals surface area contributed by atoms with E-state index in [4.69, 9.17) is 9.57 Å². The molecule has 0 aromatic heterocycles. The second kappa shape index (κ2) is 6.68. The number of hydrogen-bond donors (Lipinski definition) is 0. The van der Waals surface area contributed by atoms with E-state index in [0.717, 1.165) is 28.2 Å². The lowest BCUT2D eigenvalue weighted by molar-refractivity contribution is 0.0112. The summed E-state index contributed by atoms with van der Waals surface area (Å²) in [6.07, 6.45) is 0.687. The van der Waals surface area contributed by atoms with Crippen LogP contribution in [0.3, 0.4) is 0 Å². The number of benzene rings is 3. The van der Waals surface area contributed by atoms with E-state index in [1.807, 2.05) is 42.5 Å². The summed E-state index contributed by atoms with van der Waals surface area (Å²) < 4.78 is 5.25. The van der Waals surface area contributed by atoms with Crippen LogP contribution in [0.4, 0.5) is 0 Å². The Morgan fingerprint density at radius 3 is 2.15 bits per heavy atom. The molecule has 0 aliphatic carbocycles. The van der Waals surface area contributed by atoms with Crippen LogP contribution in [0.5, 0.6) is 5.75 Å². The van der Waals surface area contributed by atoms with Gasteiger partial charge in [-0.25, -0.2) is 0 Å². The molecule has 0 radical (unpaired) electrons. The molecule has 0 spiro atoms. The molecule has 3 nitrogen and oxygen atoms in total. The molecule has 0 fully saturated rings. The minimum atomic E-state index is -0.593. The van der Waals surface area contributed by atoms with E-state index >= 15 is 0 Å². The predicted octanol–water partition coefficient (Wildman–Crippen LogP) is 5.07. The van der Waals surface area contributed by atoms with Crippen molar-refractivity contribution in [2.75, 3.05) is 7.11 Å². The first-order chi connectivity index (χ1) is 12.7. The molecular formula is C23H21NO2. The Morgan fingerprint density at radius 1 is 0.846 bits per heavy atom. The Bertz CT molecular complexity index is 915. The van der Waals surface area contributed by atoms with Gasteiger partial charge in [-0.15, -0.1) is 0 Å². The largest absolute Gasteiger partial charge is 0.497 e. The number of aryl methyl sites for hydroxylation is 1. The molecule has 1 aliphatic rings. The third kappa shape index (κ3) is 2.86. The summed E-state index contributed by atoms with van der Waals surface area (Å²) in [5.74, 6) is 0.834. The van der Waals surface area contributed by atoms with Crippen LogP contribution in [-0.2, 0) is 10.4 Å². The fraction of sp³-hybridized carbons (Fsp3) is 0.174. The molecule has 0 bridgehead atoms. The maximum Gasteiger partial charge on any atom is 0.193 e. The van der Waals surface area contributed by atoms with Crippen molar-refractivity contribution in [1.82, 2.24) is 0 Å². The summed E-state index contributed by atoms with van der Waals surface area (Å²) in [4.78, 5) is 6.13. The van der Waals surface area contributed by atoms with Crippen LogP contribution in [0.15, 0.2) is 84.0 Å². The zero-order valence-electron chi connectivity index (χ0n) is 15.0.